The van der Waals surface area contributed by atoms with E-state index in [2.05, 4.69) is 31.2 Å². The van der Waals surface area contributed by atoms with Gasteiger partial charge in [-0.1, -0.05) is 49.1 Å². The van der Waals surface area contributed by atoms with Crippen LogP contribution in [-0.2, 0) is 0 Å². The zero-order chi connectivity index (χ0) is 11.2. The maximum absolute atomic E-state index is 6.48. The van der Waals surface area contributed by atoms with Crippen molar-refractivity contribution < 1.29 is 0 Å². The molecule has 0 aliphatic heterocycles. The topological polar surface area (TPSA) is 26.0 Å². The fourth-order valence-corrected chi connectivity index (χ4v) is 3.12. The molecular formula is C15H21N. The van der Waals surface area contributed by atoms with E-state index >= 15 is 0 Å². The third-order valence-electron chi connectivity index (χ3n) is 4.46. The fraction of sp³-hybridized carbons (Fsp3) is 0.600. The molecule has 2 fully saturated rings. The predicted molar refractivity (Wildman–Crippen MR) is 67.4 cm³/mol. The summed E-state index contributed by atoms with van der Waals surface area (Å²) in [7, 11) is 0. The number of nitrogens with two attached hydrogens (primary N) is 1. The monoisotopic (exact) mass is 215 g/mol. The number of benzene rings is 1. The second kappa shape index (κ2) is 3.59. The fourth-order valence-electron chi connectivity index (χ4n) is 3.12. The van der Waals surface area contributed by atoms with Crippen LogP contribution in [0.3, 0.4) is 0 Å². The summed E-state index contributed by atoms with van der Waals surface area (Å²) in [4.78, 5) is 0. The van der Waals surface area contributed by atoms with Crippen LogP contribution in [-0.4, -0.2) is 5.54 Å². The summed E-state index contributed by atoms with van der Waals surface area (Å²) < 4.78 is 0. The predicted octanol–water partition coefficient (Wildman–Crippen LogP) is 3.37. The van der Waals surface area contributed by atoms with Gasteiger partial charge >= 0.3 is 0 Å². The van der Waals surface area contributed by atoms with E-state index in [-0.39, 0.29) is 5.54 Å². The molecule has 86 valence electrons. The molecule has 2 aliphatic carbocycles. The Kier molecular flexibility index (Phi) is 2.32. The highest BCUT2D eigenvalue weighted by Crippen LogP contribution is 2.54. The van der Waals surface area contributed by atoms with E-state index in [1.165, 1.54) is 43.2 Å². The molecule has 0 amide bonds. The molecule has 0 bridgehead atoms. The normalized spacial score (nSPS) is 33.5. The van der Waals surface area contributed by atoms with E-state index in [0.29, 0.717) is 5.92 Å². The minimum atomic E-state index is 0.138. The smallest absolute Gasteiger partial charge is 0.0233 e. The van der Waals surface area contributed by atoms with Gasteiger partial charge in [0, 0.05) is 11.5 Å². The van der Waals surface area contributed by atoms with E-state index in [9.17, 15) is 0 Å². The van der Waals surface area contributed by atoms with Crippen LogP contribution in [0.4, 0.5) is 0 Å². The maximum atomic E-state index is 6.48. The van der Waals surface area contributed by atoms with Gasteiger partial charge in [0.1, 0.15) is 0 Å². The Balaban J connectivity index is 1.69. The zero-order valence-corrected chi connectivity index (χ0v) is 10.1. The van der Waals surface area contributed by atoms with Crippen LogP contribution < -0.4 is 5.73 Å². The molecule has 0 aromatic heterocycles. The molecule has 16 heavy (non-hydrogen) atoms. The van der Waals surface area contributed by atoms with Gasteiger partial charge in [0.05, 0.1) is 0 Å². The minimum absolute atomic E-state index is 0.138. The third-order valence-corrected chi connectivity index (χ3v) is 4.46. The number of aryl methyl sites for hydroxylation is 1. The van der Waals surface area contributed by atoms with Crippen molar-refractivity contribution >= 4 is 0 Å². The summed E-state index contributed by atoms with van der Waals surface area (Å²) in [5.74, 6) is 1.56. The molecule has 1 nitrogen and oxygen atoms in total. The molecule has 0 heterocycles. The summed E-state index contributed by atoms with van der Waals surface area (Å²) in [5.41, 5.74) is 9.44. The molecular weight excluding hydrogens is 194 g/mol. The van der Waals surface area contributed by atoms with Crippen molar-refractivity contribution in [1.82, 2.24) is 0 Å². The average molecular weight is 215 g/mol. The SMILES string of the molecule is Cc1cccc(C2CC2(N)CC2CCC2)c1. The van der Waals surface area contributed by atoms with Gasteiger partial charge in [-0.05, 0) is 31.2 Å². The molecule has 2 saturated carbocycles. The summed E-state index contributed by atoms with van der Waals surface area (Å²) in [6.45, 7) is 2.16. The average Bonchev–Trinajstić information content (AvgIpc) is 2.86. The van der Waals surface area contributed by atoms with E-state index < -0.39 is 0 Å². The first-order valence-corrected chi connectivity index (χ1v) is 6.53. The summed E-state index contributed by atoms with van der Waals surface area (Å²) in [5, 5.41) is 0. The second-order valence-corrected chi connectivity index (χ2v) is 5.91. The largest absolute Gasteiger partial charge is 0.325 e. The quantitative estimate of drug-likeness (QED) is 0.822. The van der Waals surface area contributed by atoms with Gasteiger partial charge in [-0.15, -0.1) is 0 Å². The van der Waals surface area contributed by atoms with Crippen molar-refractivity contribution in [2.45, 2.75) is 50.5 Å². The lowest BCUT2D eigenvalue weighted by Crippen LogP contribution is -2.30. The lowest BCUT2D eigenvalue weighted by atomic mass is 9.79. The molecule has 0 saturated heterocycles. The molecule has 1 aromatic carbocycles. The molecule has 3 rings (SSSR count). The van der Waals surface area contributed by atoms with Crippen LogP contribution in [0.5, 0.6) is 0 Å². The standard InChI is InChI=1S/C15H21N/c1-11-4-2-7-13(8-11)14-10-15(14,16)9-12-5-3-6-12/h2,4,7-8,12,14H,3,5-6,9-10,16H2,1H3. The van der Waals surface area contributed by atoms with Crippen molar-refractivity contribution in [1.29, 1.82) is 0 Å². The molecule has 1 heteroatoms. The van der Waals surface area contributed by atoms with Crippen molar-refractivity contribution in [2.24, 2.45) is 11.7 Å². The van der Waals surface area contributed by atoms with E-state index in [1.807, 2.05) is 0 Å². The summed E-state index contributed by atoms with van der Waals surface area (Å²) >= 11 is 0. The van der Waals surface area contributed by atoms with Gasteiger partial charge in [-0.25, -0.2) is 0 Å². The van der Waals surface area contributed by atoms with Crippen molar-refractivity contribution in [3.8, 4) is 0 Å². The molecule has 2 N–H and O–H groups in total. The van der Waals surface area contributed by atoms with E-state index in [1.54, 1.807) is 0 Å². The number of hydrogen-bond donors (Lipinski definition) is 1. The van der Waals surface area contributed by atoms with Gasteiger partial charge in [-0.3, -0.25) is 0 Å². The summed E-state index contributed by atoms with van der Waals surface area (Å²) in [6.07, 6.45) is 6.72. The van der Waals surface area contributed by atoms with Crippen LogP contribution in [0.2, 0.25) is 0 Å². The highest BCUT2D eigenvalue weighted by molar-refractivity contribution is 5.35. The lowest BCUT2D eigenvalue weighted by molar-refractivity contribution is 0.267. The number of rotatable bonds is 3. The maximum Gasteiger partial charge on any atom is 0.0233 e. The van der Waals surface area contributed by atoms with Gasteiger partial charge in [0.2, 0.25) is 0 Å². The molecule has 0 spiro atoms. The molecule has 0 radical (unpaired) electrons. The Labute approximate surface area is 98.0 Å². The lowest BCUT2D eigenvalue weighted by Gasteiger charge is -2.28. The molecule has 2 atom stereocenters. The van der Waals surface area contributed by atoms with Crippen LogP contribution in [0.1, 0.15) is 49.1 Å². The van der Waals surface area contributed by atoms with Gasteiger partial charge < -0.3 is 5.73 Å². The Morgan fingerprint density at radius 2 is 2.19 bits per heavy atom. The first-order valence-electron chi connectivity index (χ1n) is 6.53. The van der Waals surface area contributed by atoms with Crippen molar-refractivity contribution in [3.05, 3.63) is 35.4 Å². The Morgan fingerprint density at radius 3 is 2.81 bits per heavy atom. The zero-order valence-electron chi connectivity index (χ0n) is 10.1. The van der Waals surface area contributed by atoms with E-state index in [0.717, 1.165) is 5.92 Å². The Morgan fingerprint density at radius 1 is 1.38 bits per heavy atom. The van der Waals surface area contributed by atoms with Gasteiger partial charge in [0.15, 0.2) is 0 Å². The van der Waals surface area contributed by atoms with Gasteiger partial charge in [0.25, 0.3) is 0 Å². The Bertz CT molecular complexity index is 394. The third kappa shape index (κ3) is 1.78. The highest BCUT2D eigenvalue weighted by atomic mass is 14.9. The van der Waals surface area contributed by atoms with Crippen LogP contribution >= 0.6 is 0 Å². The van der Waals surface area contributed by atoms with Gasteiger partial charge in [-0.2, -0.15) is 0 Å². The molecule has 2 unspecified atom stereocenters. The molecule has 2 aliphatic rings. The highest BCUT2D eigenvalue weighted by Gasteiger charge is 2.52. The first kappa shape index (κ1) is 10.3. The Hall–Kier alpha value is -0.820. The number of hydrogen-bond acceptors (Lipinski definition) is 1. The van der Waals surface area contributed by atoms with Crippen LogP contribution in [0, 0.1) is 12.8 Å². The molecule has 1 aromatic rings. The van der Waals surface area contributed by atoms with Crippen molar-refractivity contribution in [3.63, 3.8) is 0 Å². The minimum Gasteiger partial charge on any atom is -0.325 e. The van der Waals surface area contributed by atoms with Crippen molar-refractivity contribution in [2.75, 3.05) is 0 Å². The van der Waals surface area contributed by atoms with E-state index in [4.69, 9.17) is 5.73 Å². The second-order valence-electron chi connectivity index (χ2n) is 5.91. The first-order chi connectivity index (χ1) is 7.67. The van der Waals surface area contributed by atoms with Crippen LogP contribution in [0.15, 0.2) is 24.3 Å². The van der Waals surface area contributed by atoms with Crippen LogP contribution in [0.25, 0.3) is 0 Å². The summed E-state index contributed by atoms with van der Waals surface area (Å²) in [6, 6.07) is 8.87.